The Balaban J connectivity index is 1.38. The molecule has 1 aliphatic heterocycles. The lowest BCUT2D eigenvalue weighted by molar-refractivity contribution is -0.387. The summed E-state index contributed by atoms with van der Waals surface area (Å²) in [6.07, 6.45) is 5.53. The summed E-state index contributed by atoms with van der Waals surface area (Å²) in [7, 11) is -3.96. The van der Waals surface area contributed by atoms with E-state index in [4.69, 9.17) is 0 Å². The van der Waals surface area contributed by atoms with Gasteiger partial charge in [0.2, 0.25) is 15.9 Å². The highest BCUT2D eigenvalue weighted by atomic mass is 32.2. The Hall–Kier alpha value is -2.00. The van der Waals surface area contributed by atoms with Gasteiger partial charge in [0.15, 0.2) is 4.90 Å². The van der Waals surface area contributed by atoms with Crippen molar-refractivity contribution < 1.29 is 18.1 Å². The third-order valence-corrected chi connectivity index (χ3v) is 8.54. The van der Waals surface area contributed by atoms with Crippen molar-refractivity contribution in [2.24, 2.45) is 17.8 Å². The summed E-state index contributed by atoms with van der Waals surface area (Å²) >= 11 is 0. The lowest BCUT2D eigenvalue weighted by Crippen LogP contribution is -2.50. The molecule has 0 spiro atoms. The Morgan fingerprint density at radius 3 is 2.43 bits per heavy atom. The number of carbonyl (C=O) groups excluding carboxylic acids is 1. The molecule has 0 aromatic heterocycles. The molecule has 8 nitrogen and oxygen atoms in total. The fraction of sp³-hybridized carbons (Fsp3) is 0.632. The van der Waals surface area contributed by atoms with Crippen LogP contribution in [-0.4, -0.2) is 54.6 Å². The second-order valence-electron chi connectivity index (χ2n) is 8.15. The van der Waals surface area contributed by atoms with E-state index in [1.807, 2.05) is 0 Å². The zero-order chi connectivity index (χ0) is 19.9. The van der Waals surface area contributed by atoms with Crippen LogP contribution in [0.1, 0.15) is 32.1 Å². The summed E-state index contributed by atoms with van der Waals surface area (Å²) in [6.45, 7) is 0.993. The second kappa shape index (κ2) is 7.44. The van der Waals surface area contributed by atoms with Crippen LogP contribution in [0.15, 0.2) is 29.2 Å². The number of hydrogen-bond acceptors (Lipinski definition) is 5. The molecule has 9 heteroatoms. The van der Waals surface area contributed by atoms with Crippen molar-refractivity contribution in [1.82, 2.24) is 9.21 Å². The van der Waals surface area contributed by atoms with E-state index in [-0.39, 0.29) is 23.9 Å². The lowest BCUT2D eigenvalue weighted by Gasteiger charge is -2.35. The summed E-state index contributed by atoms with van der Waals surface area (Å²) in [5.74, 6) is 2.08. The summed E-state index contributed by atoms with van der Waals surface area (Å²) < 4.78 is 27.0. The molecule has 1 amide bonds. The fourth-order valence-corrected chi connectivity index (χ4v) is 6.70. The van der Waals surface area contributed by atoms with Crippen LogP contribution in [0, 0.1) is 27.9 Å². The van der Waals surface area contributed by atoms with Gasteiger partial charge in [0.25, 0.3) is 5.69 Å². The Morgan fingerprint density at radius 1 is 1.11 bits per heavy atom. The number of rotatable bonds is 5. The van der Waals surface area contributed by atoms with Gasteiger partial charge in [-0.2, -0.15) is 4.31 Å². The van der Waals surface area contributed by atoms with E-state index < -0.39 is 20.6 Å². The largest absolute Gasteiger partial charge is 0.340 e. The van der Waals surface area contributed by atoms with Crippen molar-refractivity contribution in [3.05, 3.63) is 34.4 Å². The number of nitro benzene ring substituents is 1. The number of fused-ring (bicyclic) bond motifs is 2. The minimum Gasteiger partial charge on any atom is -0.340 e. The molecule has 3 atom stereocenters. The summed E-state index contributed by atoms with van der Waals surface area (Å²) in [4.78, 5) is 24.6. The molecule has 0 radical (unpaired) electrons. The average Bonchev–Trinajstić information content (AvgIpc) is 3.31. The molecule has 3 aliphatic rings. The Morgan fingerprint density at radius 2 is 1.82 bits per heavy atom. The highest BCUT2D eigenvalue weighted by molar-refractivity contribution is 7.89. The zero-order valence-electron chi connectivity index (χ0n) is 15.7. The van der Waals surface area contributed by atoms with Crippen LogP contribution in [0.5, 0.6) is 0 Å². The highest BCUT2D eigenvalue weighted by Gasteiger charge is 2.41. The van der Waals surface area contributed by atoms with E-state index >= 15 is 0 Å². The molecule has 2 bridgehead atoms. The normalized spacial score (nSPS) is 27.9. The zero-order valence-corrected chi connectivity index (χ0v) is 16.5. The van der Waals surface area contributed by atoms with Gasteiger partial charge >= 0.3 is 0 Å². The molecule has 0 N–H and O–H groups in total. The lowest BCUT2D eigenvalue weighted by atomic mass is 9.86. The monoisotopic (exact) mass is 407 g/mol. The second-order valence-corrected chi connectivity index (χ2v) is 10.1. The first kappa shape index (κ1) is 19.3. The minimum absolute atomic E-state index is 0.111. The molecule has 28 heavy (non-hydrogen) atoms. The van der Waals surface area contributed by atoms with Gasteiger partial charge in [-0.05, 0) is 43.1 Å². The van der Waals surface area contributed by atoms with Crippen LogP contribution in [-0.2, 0) is 14.8 Å². The topological polar surface area (TPSA) is 101 Å². The molecular weight excluding hydrogens is 382 g/mol. The van der Waals surface area contributed by atoms with Gasteiger partial charge in [-0.1, -0.05) is 18.6 Å². The number of benzene rings is 1. The van der Waals surface area contributed by atoms with E-state index in [1.54, 1.807) is 4.90 Å². The van der Waals surface area contributed by atoms with Gasteiger partial charge in [0.05, 0.1) is 4.92 Å². The van der Waals surface area contributed by atoms with Gasteiger partial charge in [-0.3, -0.25) is 14.9 Å². The maximum Gasteiger partial charge on any atom is 0.289 e. The Bertz CT molecular complexity index is 879. The van der Waals surface area contributed by atoms with Crippen LogP contribution in [0.2, 0.25) is 0 Å². The SMILES string of the molecule is O=C(C[C@H]1C[C@H]2CC[C@@H]1C2)N1CCN(S(=O)(=O)c2ccccc2[N+](=O)[O-])CC1. The molecule has 1 aromatic rings. The van der Waals surface area contributed by atoms with Crippen molar-refractivity contribution in [3.63, 3.8) is 0 Å². The smallest absolute Gasteiger partial charge is 0.289 e. The Kier molecular flexibility index (Phi) is 5.13. The van der Waals surface area contributed by atoms with Crippen molar-refractivity contribution in [1.29, 1.82) is 0 Å². The van der Waals surface area contributed by atoms with Crippen molar-refractivity contribution >= 4 is 21.6 Å². The van der Waals surface area contributed by atoms with Gasteiger partial charge in [0, 0.05) is 38.7 Å². The van der Waals surface area contributed by atoms with Gasteiger partial charge in [0.1, 0.15) is 0 Å². The first-order valence-corrected chi connectivity index (χ1v) is 11.3. The van der Waals surface area contributed by atoms with E-state index in [2.05, 4.69) is 0 Å². The standard InChI is InChI=1S/C19H25N3O5S/c23-19(13-16-12-14-5-6-15(16)11-14)20-7-9-21(10-8-20)28(26,27)18-4-2-1-3-17(18)22(24)25/h1-4,14-16H,5-13H2/t14-,15+,16+/m0/s1. The molecule has 1 aromatic carbocycles. The van der Waals surface area contributed by atoms with Crippen LogP contribution >= 0.6 is 0 Å². The average molecular weight is 407 g/mol. The number of hydrogen-bond donors (Lipinski definition) is 0. The number of piperazine rings is 1. The minimum atomic E-state index is -3.96. The van der Waals surface area contributed by atoms with Crippen LogP contribution in [0.3, 0.4) is 0 Å². The van der Waals surface area contributed by atoms with E-state index in [0.29, 0.717) is 31.3 Å². The fourth-order valence-electron chi connectivity index (χ4n) is 5.12. The Labute approximate surface area is 164 Å². The number of nitrogens with zero attached hydrogens (tertiary/aromatic N) is 3. The van der Waals surface area contributed by atoms with E-state index in [1.165, 1.54) is 47.8 Å². The van der Waals surface area contributed by atoms with Crippen LogP contribution in [0.4, 0.5) is 5.69 Å². The number of sulfonamides is 1. The van der Waals surface area contributed by atoms with Gasteiger partial charge < -0.3 is 4.90 Å². The van der Waals surface area contributed by atoms with Gasteiger partial charge in [-0.15, -0.1) is 0 Å². The summed E-state index contributed by atoms with van der Waals surface area (Å²) in [5.41, 5.74) is -0.419. The number of para-hydroxylation sites is 1. The van der Waals surface area contributed by atoms with Crippen molar-refractivity contribution in [2.75, 3.05) is 26.2 Å². The number of nitro groups is 1. The van der Waals surface area contributed by atoms with Crippen molar-refractivity contribution in [2.45, 2.75) is 37.0 Å². The number of carbonyl (C=O) groups is 1. The molecule has 152 valence electrons. The molecule has 2 aliphatic carbocycles. The highest BCUT2D eigenvalue weighted by Crippen LogP contribution is 2.49. The third kappa shape index (κ3) is 3.53. The molecule has 2 saturated carbocycles. The van der Waals surface area contributed by atoms with Crippen molar-refractivity contribution in [3.8, 4) is 0 Å². The third-order valence-electron chi connectivity index (χ3n) is 6.59. The first-order valence-electron chi connectivity index (χ1n) is 9.87. The van der Waals surface area contributed by atoms with E-state index in [0.717, 1.165) is 12.3 Å². The molecule has 4 rings (SSSR count). The maximum atomic E-state index is 12.9. The summed E-state index contributed by atoms with van der Waals surface area (Å²) in [6, 6.07) is 5.39. The quantitative estimate of drug-likeness (QED) is 0.550. The van der Waals surface area contributed by atoms with Gasteiger partial charge in [-0.25, -0.2) is 8.42 Å². The summed E-state index contributed by atoms with van der Waals surface area (Å²) in [5, 5.41) is 11.2. The van der Waals surface area contributed by atoms with E-state index in [9.17, 15) is 23.3 Å². The van der Waals surface area contributed by atoms with Crippen LogP contribution < -0.4 is 0 Å². The molecule has 1 heterocycles. The molecule has 3 fully saturated rings. The first-order chi connectivity index (χ1) is 13.4. The predicted molar refractivity (Wildman–Crippen MR) is 102 cm³/mol. The molecule has 0 unspecified atom stereocenters. The number of amides is 1. The van der Waals surface area contributed by atoms with Crippen LogP contribution in [0.25, 0.3) is 0 Å². The molecular formula is C19H25N3O5S. The predicted octanol–water partition coefficient (Wildman–Crippen LogP) is 2.25. The maximum absolute atomic E-state index is 12.9. The molecule has 1 saturated heterocycles.